The molecule has 2 aromatic carbocycles. The number of hydrogen-bond acceptors (Lipinski definition) is 4. The number of aldehydes is 1. The lowest BCUT2D eigenvalue weighted by Crippen LogP contribution is -2.10. The van der Waals surface area contributed by atoms with Crippen LogP contribution in [-0.2, 0) is 0 Å². The molecule has 0 aliphatic carbocycles. The normalized spacial score (nSPS) is 13.2. The molecular formula is C22H28O4. The van der Waals surface area contributed by atoms with Crippen molar-refractivity contribution in [3.63, 3.8) is 0 Å². The SMILES string of the molecule is CCC(c1cc(C)c(OC)c(OC)c1)C(C)c1cc(C)c(O)c(C=O)c1. The molecule has 2 aromatic rings. The fourth-order valence-corrected chi connectivity index (χ4v) is 3.69. The largest absolute Gasteiger partial charge is 0.507 e. The Morgan fingerprint density at radius 1 is 1.04 bits per heavy atom. The van der Waals surface area contributed by atoms with Gasteiger partial charge in [0, 0.05) is 0 Å². The van der Waals surface area contributed by atoms with Crippen molar-refractivity contribution in [1.82, 2.24) is 0 Å². The maximum atomic E-state index is 11.3. The summed E-state index contributed by atoms with van der Waals surface area (Å²) in [5.41, 5.74) is 4.30. The highest BCUT2D eigenvalue weighted by molar-refractivity contribution is 5.80. The van der Waals surface area contributed by atoms with Gasteiger partial charge < -0.3 is 14.6 Å². The molecule has 0 heterocycles. The molecule has 1 N–H and O–H groups in total. The summed E-state index contributed by atoms with van der Waals surface area (Å²) >= 11 is 0. The first kappa shape index (κ1) is 19.8. The topological polar surface area (TPSA) is 55.8 Å². The maximum absolute atomic E-state index is 11.3. The highest BCUT2D eigenvalue weighted by Gasteiger charge is 2.23. The standard InChI is InChI=1S/C22H28O4/c1-7-19(17-9-14(3)22(26-6)20(11-17)25-5)15(4)16-8-13(2)21(24)18(10-16)12-23/h8-12,15,19,24H,7H2,1-6H3. The minimum absolute atomic E-state index is 0.0611. The molecule has 0 fully saturated rings. The van der Waals surface area contributed by atoms with Crippen LogP contribution in [-0.4, -0.2) is 25.6 Å². The third kappa shape index (κ3) is 3.69. The monoisotopic (exact) mass is 356 g/mol. The van der Waals surface area contributed by atoms with Crippen LogP contribution in [0, 0.1) is 13.8 Å². The molecule has 140 valence electrons. The predicted octanol–water partition coefficient (Wildman–Crippen LogP) is 5.14. The highest BCUT2D eigenvalue weighted by atomic mass is 16.5. The van der Waals surface area contributed by atoms with Gasteiger partial charge in [0.25, 0.3) is 0 Å². The Labute approximate surface area is 155 Å². The van der Waals surface area contributed by atoms with Crippen molar-refractivity contribution in [3.8, 4) is 17.2 Å². The fourth-order valence-electron chi connectivity index (χ4n) is 3.69. The van der Waals surface area contributed by atoms with Crippen molar-refractivity contribution in [2.45, 2.75) is 46.0 Å². The Bertz CT molecular complexity index is 795. The molecule has 0 amide bonds. The Morgan fingerprint density at radius 2 is 1.69 bits per heavy atom. The Kier molecular flexibility index (Phi) is 6.30. The second kappa shape index (κ2) is 8.26. The molecule has 0 aromatic heterocycles. The van der Waals surface area contributed by atoms with Gasteiger partial charge in [-0.1, -0.05) is 26.0 Å². The third-order valence-corrected chi connectivity index (χ3v) is 5.16. The van der Waals surface area contributed by atoms with Gasteiger partial charge in [-0.25, -0.2) is 0 Å². The smallest absolute Gasteiger partial charge is 0.163 e. The van der Waals surface area contributed by atoms with Crippen LogP contribution in [0.4, 0.5) is 0 Å². The summed E-state index contributed by atoms with van der Waals surface area (Å²) in [5, 5.41) is 10.0. The molecule has 2 atom stereocenters. The zero-order valence-electron chi connectivity index (χ0n) is 16.4. The van der Waals surface area contributed by atoms with Crippen LogP contribution in [0.5, 0.6) is 17.2 Å². The van der Waals surface area contributed by atoms with Crippen LogP contribution < -0.4 is 9.47 Å². The van der Waals surface area contributed by atoms with Crippen LogP contribution in [0.2, 0.25) is 0 Å². The molecule has 0 aliphatic heterocycles. The second-order valence-corrected chi connectivity index (χ2v) is 6.77. The maximum Gasteiger partial charge on any atom is 0.163 e. The summed E-state index contributed by atoms with van der Waals surface area (Å²) in [6, 6.07) is 7.92. The number of phenols is 1. The van der Waals surface area contributed by atoms with Gasteiger partial charge in [0.05, 0.1) is 19.8 Å². The van der Waals surface area contributed by atoms with Gasteiger partial charge in [0.15, 0.2) is 17.8 Å². The van der Waals surface area contributed by atoms with E-state index in [4.69, 9.17) is 9.47 Å². The quantitative estimate of drug-likeness (QED) is 0.698. The van der Waals surface area contributed by atoms with Gasteiger partial charge in [0.2, 0.25) is 0 Å². The molecule has 0 radical (unpaired) electrons. The molecule has 0 saturated carbocycles. The van der Waals surface area contributed by atoms with E-state index in [1.165, 1.54) is 5.56 Å². The minimum atomic E-state index is 0.0611. The molecule has 4 heteroatoms. The lowest BCUT2D eigenvalue weighted by molar-refractivity contribution is 0.112. The molecule has 0 saturated heterocycles. The van der Waals surface area contributed by atoms with Gasteiger partial charge >= 0.3 is 0 Å². The lowest BCUT2D eigenvalue weighted by Gasteiger charge is -2.26. The Morgan fingerprint density at radius 3 is 2.23 bits per heavy atom. The van der Waals surface area contributed by atoms with Crippen LogP contribution >= 0.6 is 0 Å². The van der Waals surface area contributed by atoms with Crippen molar-refractivity contribution >= 4 is 6.29 Å². The average molecular weight is 356 g/mol. The molecule has 4 nitrogen and oxygen atoms in total. The summed E-state index contributed by atoms with van der Waals surface area (Å²) in [5.74, 6) is 1.96. The van der Waals surface area contributed by atoms with Crippen LogP contribution in [0.3, 0.4) is 0 Å². The zero-order chi connectivity index (χ0) is 19.4. The van der Waals surface area contributed by atoms with Crippen molar-refractivity contribution in [2.24, 2.45) is 0 Å². The lowest BCUT2D eigenvalue weighted by atomic mass is 9.79. The molecule has 2 rings (SSSR count). The summed E-state index contributed by atoms with van der Waals surface area (Å²) in [4.78, 5) is 11.3. The van der Waals surface area contributed by atoms with Crippen molar-refractivity contribution in [3.05, 3.63) is 52.1 Å². The first-order valence-electron chi connectivity index (χ1n) is 8.89. The number of benzene rings is 2. The molecular weight excluding hydrogens is 328 g/mol. The van der Waals surface area contributed by atoms with E-state index in [-0.39, 0.29) is 17.6 Å². The average Bonchev–Trinajstić information content (AvgIpc) is 2.63. The first-order valence-corrected chi connectivity index (χ1v) is 8.89. The second-order valence-electron chi connectivity index (χ2n) is 6.77. The van der Waals surface area contributed by atoms with Gasteiger partial charge in [-0.15, -0.1) is 0 Å². The van der Waals surface area contributed by atoms with Crippen molar-refractivity contribution in [1.29, 1.82) is 0 Å². The summed E-state index contributed by atoms with van der Waals surface area (Å²) in [7, 11) is 3.29. The first-order chi connectivity index (χ1) is 12.4. The van der Waals surface area contributed by atoms with Gasteiger partial charge in [-0.3, -0.25) is 4.79 Å². The zero-order valence-corrected chi connectivity index (χ0v) is 16.4. The number of hydrogen-bond donors (Lipinski definition) is 1. The van der Waals surface area contributed by atoms with Gasteiger partial charge in [-0.2, -0.15) is 0 Å². The van der Waals surface area contributed by atoms with Crippen molar-refractivity contribution < 1.29 is 19.4 Å². The van der Waals surface area contributed by atoms with Crippen LogP contribution in [0.25, 0.3) is 0 Å². The summed E-state index contributed by atoms with van der Waals surface area (Å²) in [6.07, 6.45) is 1.65. The molecule has 0 spiro atoms. The number of aryl methyl sites for hydroxylation is 2. The number of carbonyl (C=O) groups excluding carboxylic acids is 1. The summed E-state index contributed by atoms with van der Waals surface area (Å²) in [6.45, 7) is 8.14. The van der Waals surface area contributed by atoms with E-state index < -0.39 is 0 Å². The van der Waals surface area contributed by atoms with E-state index in [2.05, 4.69) is 19.9 Å². The molecule has 2 unspecified atom stereocenters. The van der Waals surface area contributed by atoms with E-state index in [0.29, 0.717) is 11.8 Å². The number of carbonyl (C=O) groups is 1. The van der Waals surface area contributed by atoms with E-state index >= 15 is 0 Å². The van der Waals surface area contributed by atoms with Crippen LogP contribution in [0.1, 0.15) is 64.7 Å². The van der Waals surface area contributed by atoms with Crippen LogP contribution in [0.15, 0.2) is 24.3 Å². The summed E-state index contributed by atoms with van der Waals surface area (Å²) < 4.78 is 11.0. The van der Waals surface area contributed by atoms with E-state index in [1.54, 1.807) is 20.3 Å². The number of rotatable bonds is 7. The van der Waals surface area contributed by atoms with E-state index in [1.807, 2.05) is 26.0 Å². The predicted molar refractivity (Wildman–Crippen MR) is 104 cm³/mol. The fraction of sp³-hybridized carbons (Fsp3) is 0.409. The van der Waals surface area contributed by atoms with Crippen molar-refractivity contribution in [2.75, 3.05) is 14.2 Å². The van der Waals surface area contributed by atoms with Gasteiger partial charge in [-0.05, 0) is 66.5 Å². The Balaban J connectivity index is 2.50. The molecule has 0 bridgehead atoms. The van der Waals surface area contributed by atoms with Gasteiger partial charge in [0.1, 0.15) is 5.75 Å². The number of aromatic hydroxyl groups is 1. The molecule has 0 aliphatic rings. The number of phenolic OH excluding ortho intramolecular Hbond substituents is 1. The number of methoxy groups -OCH3 is 2. The minimum Gasteiger partial charge on any atom is -0.507 e. The van der Waals surface area contributed by atoms with E-state index in [0.717, 1.165) is 34.6 Å². The van der Waals surface area contributed by atoms with E-state index in [9.17, 15) is 9.90 Å². The highest BCUT2D eigenvalue weighted by Crippen LogP contribution is 2.41. The molecule has 26 heavy (non-hydrogen) atoms. The Hall–Kier alpha value is -2.49. The number of ether oxygens (including phenoxy) is 2. The third-order valence-electron chi connectivity index (χ3n) is 5.16.